The Bertz CT molecular complexity index is 967. The van der Waals surface area contributed by atoms with Gasteiger partial charge in [0.15, 0.2) is 0 Å². The molecule has 0 aliphatic rings. The predicted molar refractivity (Wildman–Crippen MR) is 101 cm³/mol. The van der Waals surface area contributed by atoms with Crippen LogP contribution in [0.5, 0.6) is 5.75 Å². The topological polar surface area (TPSA) is 68.3 Å². The molecule has 0 amide bonds. The smallest absolute Gasteiger partial charge is 0.265 e. The van der Waals surface area contributed by atoms with E-state index in [9.17, 15) is 8.42 Å². The molecule has 5 nitrogen and oxygen atoms in total. The van der Waals surface area contributed by atoms with E-state index in [0.717, 1.165) is 16.3 Å². The number of nitrogens with one attached hydrogen (secondary N) is 1. The van der Waals surface area contributed by atoms with Crippen molar-refractivity contribution in [3.05, 3.63) is 58.9 Å². The number of anilines is 1. The van der Waals surface area contributed by atoms with Crippen molar-refractivity contribution in [3.63, 3.8) is 0 Å². The number of para-hydroxylation sites is 1. The van der Waals surface area contributed by atoms with Crippen LogP contribution in [0.1, 0.15) is 11.9 Å². The van der Waals surface area contributed by atoms with Gasteiger partial charge in [0.05, 0.1) is 17.3 Å². The van der Waals surface area contributed by atoms with Gasteiger partial charge in [0, 0.05) is 16.6 Å². The number of benzene rings is 2. The fraction of sp³-hybridized carbons (Fsp3) is 0.167. The summed E-state index contributed by atoms with van der Waals surface area (Å²) in [6.07, 6.45) is 0. The van der Waals surface area contributed by atoms with Gasteiger partial charge >= 0.3 is 0 Å². The van der Waals surface area contributed by atoms with Crippen LogP contribution >= 0.6 is 11.3 Å². The Morgan fingerprint density at radius 3 is 2.56 bits per heavy atom. The van der Waals surface area contributed by atoms with Gasteiger partial charge in [-0.2, -0.15) is 0 Å². The second kappa shape index (κ2) is 7.25. The number of nitrogens with zero attached hydrogens (tertiary/aromatic N) is 1. The molecular formula is C18H18N2O3S2. The number of hydrogen-bond donors (Lipinski definition) is 1. The third-order valence-electron chi connectivity index (χ3n) is 3.47. The molecule has 0 spiro atoms. The zero-order valence-corrected chi connectivity index (χ0v) is 15.5. The summed E-state index contributed by atoms with van der Waals surface area (Å²) in [5, 5.41) is 2.84. The minimum atomic E-state index is -3.79. The third kappa shape index (κ3) is 4.00. The molecule has 0 aliphatic heterocycles. The molecule has 1 heterocycles. The van der Waals surface area contributed by atoms with Crippen LogP contribution in [0, 0.1) is 6.92 Å². The van der Waals surface area contributed by atoms with Crippen molar-refractivity contribution in [2.45, 2.75) is 18.7 Å². The molecule has 7 heteroatoms. The van der Waals surface area contributed by atoms with Gasteiger partial charge in [-0.15, -0.1) is 11.3 Å². The van der Waals surface area contributed by atoms with E-state index in [4.69, 9.17) is 4.74 Å². The van der Waals surface area contributed by atoms with E-state index < -0.39 is 10.0 Å². The Kier molecular flexibility index (Phi) is 5.06. The Balaban J connectivity index is 2.05. The van der Waals surface area contributed by atoms with Crippen LogP contribution in [-0.4, -0.2) is 20.0 Å². The summed E-state index contributed by atoms with van der Waals surface area (Å²) in [5.41, 5.74) is 1.99. The zero-order chi connectivity index (χ0) is 17.9. The highest BCUT2D eigenvalue weighted by molar-refractivity contribution is 7.92. The highest BCUT2D eigenvalue weighted by atomic mass is 32.2. The maximum atomic E-state index is 12.9. The van der Waals surface area contributed by atoms with E-state index in [0.29, 0.717) is 18.0 Å². The molecule has 1 N–H and O–H groups in total. The molecule has 0 aliphatic carbocycles. The largest absolute Gasteiger partial charge is 0.492 e. The van der Waals surface area contributed by atoms with E-state index in [1.54, 1.807) is 36.4 Å². The molecule has 0 unspecified atom stereocenters. The number of aromatic nitrogens is 1. The summed E-state index contributed by atoms with van der Waals surface area (Å²) in [6.45, 7) is 4.11. The van der Waals surface area contributed by atoms with E-state index in [1.807, 2.05) is 31.4 Å². The molecule has 0 saturated carbocycles. The molecule has 0 radical (unpaired) electrons. The third-order valence-corrected chi connectivity index (χ3v) is 5.65. The molecule has 25 heavy (non-hydrogen) atoms. The van der Waals surface area contributed by atoms with E-state index in [1.165, 1.54) is 11.3 Å². The van der Waals surface area contributed by atoms with Gasteiger partial charge in [-0.25, -0.2) is 13.4 Å². The molecule has 0 fully saturated rings. The fourth-order valence-electron chi connectivity index (χ4n) is 2.36. The minimum Gasteiger partial charge on any atom is -0.492 e. The summed E-state index contributed by atoms with van der Waals surface area (Å²) < 4.78 is 33.9. The van der Waals surface area contributed by atoms with Crippen LogP contribution in [0.2, 0.25) is 0 Å². The van der Waals surface area contributed by atoms with E-state index in [2.05, 4.69) is 9.71 Å². The molecule has 3 rings (SSSR count). The van der Waals surface area contributed by atoms with E-state index >= 15 is 0 Å². The van der Waals surface area contributed by atoms with Crippen LogP contribution in [-0.2, 0) is 10.0 Å². The maximum Gasteiger partial charge on any atom is 0.265 e. The Morgan fingerprint density at radius 1 is 1.16 bits per heavy atom. The first-order valence-electron chi connectivity index (χ1n) is 7.77. The van der Waals surface area contributed by atoms with Crippen molar-refractivity contribution >= 4 is 27.0 Å². The van der Waals surface area contributed by atoms with Gasteiger partial charge in [0.2, 0.25) is 0 Å². The van der Waals surface area contributed by atoms with Crippen molar-refractivity contribution in [1.29, 1.82) is 0 Å². The number of hydrogen-bond acceptors (Lipinski definition) is 5. The zero-order valence-electron chi connectivity index (χ0n) is 13.9. The van der Waals surface area contributed by atoms with Gasteiger partial charge in [0.1, 0.15) is 10.6 Å². The fourth-order valence-corrected chi connectivity index (χ4v) is 4.22. The monoisotopic (exact) mass is 374 g/mol. The molecule has 2 aromatic carbocycles. The van der Waals surface area contributed by atoms with Crippen LogP contribution < -0.4 is 9.46 Å². The SMILES string of the molecule is CCOc1ccc(-c2csc(C)n2)cc1S(=O)(=O)Nc1ccccc1. The van der Waals surface area contributed by atoms with Crippen molar-refractivity contribution in [1.82, 2.24) is 4.98 Å². The van der Waals surface area contributed by atoms with E-state index in [-0.39, 0.29) is 4.90 Å². The van der Waals surface area contributed by atoms with Gasteiger partial charge in [0.25, 0.3) is 10.0 Å². The molecule has 0 bridgehead atoms. The Morgan fingerprint density at radius 2 is 1.92 bits per heavy atom. The normalized spacial score (nSPS) is 11.3. The highest BCUT2D eigenvalue weighted by Crippen LogP contribution is 2.31. The lowest BCUT2D eigenvalue weighted by Gasteiger charge is -2.13. The average Bonchev–Trinajstić information content (AvgIpc) is 3.02. The number of aryl methyl sites for hydroxylation is 1. The number of ether oxygens (including phenoxy) is 1. The lowest BCUT2D eigenvalue weighted by Crippen LogP contribution is -2.14. The summed E-state index contributed by atoms with van der Waals surface area (Å²) >= 11 is 1.52. The first-order valence-corrected chi connectivity index (χ1v) is 10.1. The second-order valence-electron chi connectivity index (χ2n) is 5.32. The first-order chi connectivity index (χ1) is 12.0. The summed E-state index contributed by atoms with van der Waals surface area (Å²) in [4.78, 5) is 4.52. The molecular weight excluding hydrogens is 356 g/mol. The summed E-state index contributed by atoms with van der Waals surface area (Å²) in [7, 11) is -3.79. The molecule has 130 valence electrons. The maximum absolute atomic E-state index is 12.9. The summed E-state index contributed by atoms with van der Waals surface area (Å²) in [6, 6.07) is 13.9. The van der Waals surface area contributed by atoms with Gasteiger partial charge in [-0.3, -0.25) is 4.72 Å². The standard InChI is InChI=1S/C18H18N2O3S2/c1-3-23-17-10-9-14(16-12-24-13(2)19-16)11-18(17)25(21,22)20-15-7-5-4-6-8-15/h4-12,20H,3H2,1-2H3. The van der Waals surface area contributed by atoms with Crippen LogP contribution in [0.15, 0.2) is 58.8 Å². The van der Waals surface area contributed by atoms with Crippen molar-refractivity contribution in [2.24, 2.45) is 0 Å². The van der Waals surface area contributed by atoms with Gasteiger partial charge in [-0.05, 0) is 44.2 Å². The number of thiazole rings is 1. The Hall–Kier alpha value is -2.38. The van der Waals surface area contributed by atoms with Crippen LogP contribution in [0.25, 0.3) is 11.3 Å². The van der Waals surface area contributed by atoms with Crippen molar-refractivity contribution in [2.75, 3.05) is 11.3 Å². The molecule has 3 aromatic rings. The summed E-state index contributed by atoms with van der Waals surface area (Å²) in [5.74, 6) is 0.321. The number of rotatable bonds is 6. The molecule has 0 atom stereocenters. The Labute approximate surface area is 151 Å². The van der Waals surface area contributed by atoms with Crippen LogP contribution in [0.4, 0.5) is 5.69 Å². The molecule has 0 saturated heterocycles. The predicted octanol–water partition coefficient (Wildman–Crippen LogP) is 4.32. The minimum absolute atomic E-state index is 0.0985. The molecule has 1 aromatic heterocycles. The quantitative estimate of drug-likeness (QED) is 0.698. The van der Waals surface area contributed by atoms with Crippen molar-refractivity contribution in [3.8, 4) is 17.0 Å². The first kappa shape index (κ1) is 17.4. The highest BCUT2D eigenvalue weighted by Gasteiger charge is 2.21. The van der Waals surface area contributed by atoms with Crippen molar-refractivity contribution < 1.29 is 13.2 Å². The number of sulfonamides is 1. The van der Waals surface area contributed by atoms with Crippen LogP contribution in [0.3, 0.4) is 0 Å². The average molecular weight is 374 g/mol. The second-order valence-corrected chi connectivity index (χ2v) is 8.03. The van der Waals surface area contributed by atoms with Gasteiger partial charge in [-0.1, -0.05) is 18.2 Å². The van der Waals surface area contributed by atoms with Gasteiger partial charge < -0.3 is 4.74 Å². The lowest BCUT2D eigenvalue weighted by atomic mass is 10.2. The lowest BCUT2D eigenvalue weighted by molar-refractivity contribution is 0.331.